The predicted molar refractivity (Wildman–Crippen MR) is 130 cm³/mol. The second kappa shape index (κ2) is 14.3. The van der Waals surface area contributed by atoms with Gasteiger partial charge in [-0.25, -0.2) is 14.4 Å². The van der Waals surface area contributed by atoms with Gasteiger partial charge < -0.3 is 29.0 Å². The Morgan fingerprint density at radius 2 is 1.53 bits per heavy atom. The third kappa shape index (κ3) is 13.5. The first-order chi connectivity index (χ1) is 16.7. The lowest BCUT2D eigenvalue weighted by Gasteiger charge is -2.27. The van der Waals surface area contributed by atoms with Gasteiger partial charge in [0.2, 0.25) is 0 Å². The van der Waals surface area contributed by atoms with Crippen molar-refractivity contribution in [2.45, 2.75) is 65.4 Å². The van der Waals surface area contributed by atoms with Gasteiger partial charge in [0, 0.05) is 7.11 Å². The lowest BCUT2D eigenvalue weighted by atomic mass is 10.2. The number of nitrogens with zero attached hydrogens (tertiary/aromatic N) is 1. The fraction of sp³-hybridized carbons (Fsp3) is 0.600. The number of hydrogen-bond acceptors (Lipinski definition) is 9. The highest BCUT2D eigenvalue weighted by molar-refractivity contribution is 5.81. The van der Waals surface area contributed by atoms with E-state index in [0.717, 1.165) is 10.5 Å². The summed E-state index contributed by atoms with van der Waals surface area (Å²) in [6.45, 7) is 9.21. The first-order valence-corrected chi connectivity index (χ1v) is 11.5. The summed E-state index contributed by atoms with van der Waals surface area (Å²) in [5.41, 5.74) is -0.763. The maximum atomic E-state index is 12.6. The number of amides is 2. The van der Waals surface area contributed by atoms with Crippen LogP contribution in [0.5, 0.6) is 0 Å². The van der Waals surface area contributed by atoms with E-state index >= 15 is 0 Å². The van der Waals surface area contributed by atoms with E-state index in [1.54, 1.807) is 53.7 Å². The second-order valence-electron chi connectivity index (χ2n) is 9.87. The molecule has 2 amide bonds. The van der Waals surface area contributed by atoms with E-state index in [1.165, 1.54) is 7.11 Å². The molecule has 1 unspecified atom stereocenters. The number of ether oxygens (including phenoxy) is 5. The summed E-state index contributed by atoms with van der Waals surface area (Å²) in [6, 6.07) is 7.96. The van der Waals surface area contributed by atoms with Crippen molar-refractivity contribution in [1.29, 1.82) is 0 Å². The molecule has 0 bridgehead atoms. The zero-order valence-corrected chi connectivity index (χ0v) is 22.1. The van der Waals surface area contributed by atoms with E-state index in [1.807, 2.05) is 18.2 Å². The van der Waals surface area contributed by atoms with Gasteiger partial charge in [0.15, 0.2) is 6.04 Å². The highest BCUT2D eigenvalue weighted by Crippen LogP contribution is 2.11. The molecule has 1 N–H and O–H groups in total. The lowest BCUT2D eigenvalue weighted by Crippen LogP contribution is -2.47. The van der Waals surface area contributed by atoms with Crippen LogP contribution in [0.3, 0.4) is 0 Å². The van der Waals surface area contributed by atoms with Gasteiger partial charge in [-0.05, 0) is 47.1 Å². The smallest absolute Gasteiger partial charge is 0.410 e. The average Bonchev–Trinajstić information content (AvgIpc) is 2.75. The summed E-state index contributed by atoms with van der Waals surface area (Å²) in [5.74, 6) is -1.45. The Morgan fingerprint density at radius 3 is 2.08 bits per heavy atom. The van der Waals surface area contributed by atoms with E-state index in [0.29, 0.717) is 0 Å². The molecule has 0 radical (unpaired) electrons. The van der Waals surface area contributed by atoms with E-state index < -0.39 is 47.9 Å². The third-order valence-corrected chi connectivity index (χ3v) is 4.13. The summed E-state index contributed by atoms with van der Waals surface area (Å²) in [5, 5.41) is 2.39. The topological polar surface area (TPSA) is 130 Å². The number of hydrogen-bond donors (Lipinski definition) is 1. The molecule has 0 aliphatic carbocycles. The minimum Gasteiger partial charge on any atom is -0.462 e. The molecule has 1 rings (SSSR count). The number of carbonyl (C=O) groups excluding carboxylic acids is 4. The summed E-state index contributed by atoms with van der Waals surface area (Å²) < 4.78 is 25.9. The number of nitrogens with one attached hydrogen (secondary N) is 1. The number of alkyl carbamates (subject to hydrolysis) is 1. The van der Waals surface area contributed by atoms with E-state index in [4.69, 9.17) is 23.7 Å². The zero-order chi connectivity index (χ0) is 27.4. The Morgan fingerprint density at radius 1 is 0.917 bits per heavy atom. The third-order valence-electron chi connectivity index (χ3n) is 4.13. The summed E-state index contributed by atoms with van der Waals surface area (Å²) in [7, 11) is 1.36. The van der Waals surface area contributed by atoms with Crippen LogP contribution in [0.15, 0.2) is 30.3 Å². The van der Waals surface area contributed by atoms with Gasteiger partial charge in [0.25, 0.3) is 0 Å². The minimum absolute atomic E-state index is 0.0475. The lowest BCUT2D eigenvalue weighted by molar-refractivity contribution is -0.149. The Kier molecular flexibility index (Phi) is 12.2. The van der Waals surface area contributed by atoms with Crippen molar-refractivity contribution in [1.82, 2.24) is 10.2 Å². The van der Waals surface area contributed by atoms with Gasteiger partial charge in [-0.15, -0.1) is 0 Å². The van der Waals surface area contributed by atoms with Crippen molar-refractivity contribution in [2.75, 3.05) is 33.4 Å². The van der Waals surface area contributed by atoms with Crippen molar-refractivity contribution < 1.29 is 42.9 Å². The molecule has 36 heavy (non-hydrogen) atoms. The average molecular weight is 511 g/mol. The van der Waals surface area contributed by atoms with Gasteiger partial charge >= 0.3 is 24.1 Å². The molecule has 0 saturated heterocycles. The molecule has 1 aromatic rings. The highest BCUT2D eigenvalue weighted by atomic mass is 16.6. The van der Waals surface area contributed by atoms with Crippen molar-refractivity contribution in [3.05, 3.63) is 35.9 Å². The molecule has 1 atom stereocenters. The highest BCUT2D eigenvalue weighted by Gasteiger charge is 2.28. The van der Waals surface area contributed by atoms with Crippen LogP contribution in [-0.4, -0.2) is 79.7 Å². The van der Waals surface area contributed by atoms with Crippen LogP contribution < -0.4 is 5.32 Å². The number of rotatable bonds is 11. The molecule has 0 aliphatic rings. The molecular formula is C25H38N2O9. The van der Waals surface area contributed by atoms with Crippen LogP contribution >= 0.6 is 0 Å². The Balaban J connectivity index is 2.72. The van der Waals surface area contributed by atoms with Crippen LogP contribution in [0.1, 0.15) is 47.1 Å². The summed E-state index contributed by atoms with van der Waals surface area (Å²) >= 11 is 0. The standard InChI is InChI=1S/C25H38N2O9/c1-24(2,3)35-22(30)26-19(17-32-7)21(29)33-14-13-27(23(31)36-25(4,5)6)15-20(28)34-16-18-11-9-8-10-12-18/h8-12,19H,13-17H2,1-7H3,(H,26,30). The van der Waals surface area contributed by atoms with Crippen LogP contribution in [0.4, 0.5) is 9.59 Å². The van der Waals surface area contributed by atoms with Gasteiger partial charge in [-0.1, -0.05) is 30.3 Å². The number of methoxy groups -OCH3 is 1. The molecule has 11 heteroatoms. The maximum absolute atomic E-state index is 12.6. The number of carbonyl (C=O) groups is 4. The largest absolute Gasteiger partial charge is 0.462 e. The van der Waals surface area contributed by atoms with Crippen molar-refractivity contribution in [3.8, 4) is 0 Å². The molecule has 0 heterocycles. The molecule has 202 valence electrons. The van der Waals surface area contributed by atoms with Gasteiger partial charge in [0.05, 0.1) is 13.2 Å². The van der Waals surface area contributed by atoms with Crippen LogP contribution in [0.2, 0.25) is 0 Å². The Bertz CT molecular complexity index is 861. The molecule has 11 nitrogen and oxygen atoms in total. The van der Waals surface area contributed by atoms with Gasteiger partial charge in [-0.3, -0.25) is 9.69 Å². The fourth-order valence-corrected chi connectivity index (χ4v) is 2.64. The molecule has 0 saturated carbocycles. The first kappa shape index (κ1) is 30.7. The summed E-state index contributed by atoms with van der Waals surface area (Å²) in [6.07, 6.45) is -1.58. The van der Waals surface area contributed by atoms with Crippen LogP contribution in [-0.2, 0) is 39.9 Å². The van der Waals surface area contributed by atoms with Crippen molar-refractivity contribution in [3.63, 3.8) is 0 Å². The monoisotopic (exact) mass is 510 g/mol. The number of esters is 2. The molecule has 1 aromatic carbocycles. The maximum Gasteiger partial charge on any atom is 0.410 e. The van der Waals surface area contributed by atoms with Crippen molar-refractivity contribution >= 4 is 24.1 Å². The van der Waals surface area contributed by atoms with Gasteiger partial charge in [-0.2, -0.15) is 0 Å². The minimum atomic E-state index is -1.13. The number of benzene rings is 1. The van der Waals surface area contributed by atoms with Crippen LogP contribution in [0, 0.1) is 0 Å². The molecule has 0 fully saturated rings. The first-order valence-electron chi connectivity index (χ1n) is 11.5. The fourth-order valence-electron chi connectivity index (χ4n) is 2.64. The van der Waals surface area contributed by atoms with Crippen LogP contribution in [0.25, 0.3) is 0 Å². The predicted octanol–water partition coefficient (Wildman–Crippen LogP) is 3.05. The second-order valence-corrected chi connectivity index (χ2v) is 9.87. The molecule has 0 aromatic heterocycles. The molecular weight excluding hydrogens is 472 g/mol. The Labute approximate surface area is 212 Å². The normalized spacial score (nSPS) is 12.2. The SMILES string of the molecule is COCC(NC(=O)OC(C)(C)C)C(=O)OCCN(CC(=O)OCc1ccccc1)C(=O)OC(C)(C)C. The van der Waals surface area contributed by atoms with Gasteiger partial charge in [0.1, 0.15) is 31.0 Å². The zero-order valence-electron chi connectivity index (χ0n) is 22.1. The molecule has 0 aliphatic heterocycles. The Hall–Kier alpha value is -3.34. The van der Waals surface area contributed by atoms with E-state index in [9.17, 15) is 19.2 Å². The summed E-state index contributed by atoms with van der Waals surface area (Å²) in [4.78, 5) is 50.6. The van der Waals surface area contributed by atoms with E-state index in [2.05, 4.69) is 5.32 Å². The quantitative estimate of drug-likeness (QED) is 0.353. The van der Waals surface area contributed by atoms with Crippen molar-refractivity contribution in [2.24, 2.45) is 0 Å². The van der Waals surface area contributed by atoms with E-state index in [-0.39, 0.29) is 26.4 Å². The molecule has 0 spiro atoms.